The lowest BCUT2D eigenvalue weighted by atomic mass is 9.83. The lowest BCUT2D eigenvalue weighted by molar-refractivity contribution is 0.109. The van der Waals surface area contributed by atoms with E-state index in [1.165, 1.54) is 0 Å². The molecule has 0 saturated heterocycles. The molecule has 0 saturated carbocycles. The molecule has 0 amide bonds. The van der Waals surface area contributed by atoms with Crippen LogP contribution in [0.3, 0.4) is 0 Å². The number of rotatable bonds is 5. The minimum absolute atomic E-state index is 0.314. The van der Waals surface area contributed by atoms with Gasteiger partial charge in [-0.2, -0.15) is 0 Å². The van der Waals surface area contributed by atoms with E-state index in [1.54, 1.807) is 18.3 Å². The van der Waals surface area contributed by atoms with Gasteiger partial charge in [0.05, 0.1) is 5.60 Å². The number of carbonyl (C=O) groups is 1. The largest absolute Gasteiger partial charge is 0.487 e. The number of pyridine rings is 1. The van der Waals surface area contributed by atoms with E-state index in [0.717, 1.165) is 36.8 Å². The third-order valence-electron chi connectivity index (χ3n) is 3.63. The molecular weight excluding hydrogens is 254 g/mol. The average Bonchev–Trinajstić information content (AvgIpc) is 2.44. The van der Waals surface area contributed by atoms with Gasteiger partial charge in [-0.15, -0.1) is 0 Å². The molecule has 1 aliphatic carbocycles. The number of carbonyl (C=O) groups excluding carboxylic acids is 1. The number of nitrogens with zero attached hydrogens (tertiary/aromatic N) is 1. The van der Waals surface area contributed by atoms with E-state index in [4.69, 9.17) is 4.74 Å². The summed E-state index contributed by atoms with van der Waals surface area (Å²) in [5.74, 6) is 0.496. The van der Waals surface area contributed by atoms with Crippen molar-refractivity contribution >= 4 is 6.29 Å². The first-order valence-electron chi connectivity index (χ1n) is 6.99. The highest BCUT2D eigenvalue weighted by Gasteiger charge is 2.25. The zero-order valence-electron chi connectivity index (χ0n) is 12.1. The van der Waals surface area contributed by atoms with Gasteiger partial charge in [-0.1, -0.05) is 0 Å². The SMILES string of the molecule is CC(C)(O)C1=C(COc2cccnc2C=O)CCCC1. The van der Waals surface area contributed by atoms with E-state index >= 15 is 0 Å². The Kier molecular flexibility index (Phi) is 4.55. The zero-order chi connectivity index (χ0) is 14.6. The van der Waals surface area contributed by atoms with Crippen LogP contribution in [-0.4, -0.2) is 28.6 Å². The van der Waals surface area contributed by atoms with Crippen molar-refractivity contribution < 1.29 is 14.6 Å². The first-order chi connectivity index (χ1) is 9.52. The number of aliphatic hydroxyl groups is 1. The molecule has 1 heterocycles. The van der Waals surface area contributed by atoms with Gasteiger partial charge in [0.2, 0.25) is 0 Å². The molecule has 0 atom stereocenters. The normalized spacial score (nSPS) is 16.1. The molecule has 0 spiro atoms. The molecule has 108 valence electrons. The van der Waals surface area contributed by atoms with Gasteiger partial charge in [-0.3, -0.25) is 4.79 Å². The number of hydrogen-bond acceptors (Lipinski definition) is 4. The minimum Gasteiger partial charge on any atom is -0.487 e. The second-order valence-corrected chi connectivity index (χ2v) is 5.64. The van der Waals surface area contributed by atoms with Crippen LogP contribution in [0.25, 0.3) is 0 Å². The summed E-state index contributed by atoms with van der Waals surface area (Å²) in [6.45, 7) is 4.04. The Bertz CT molecular complexity index is 515. The Hall–Kier alpha value is -1.68. The van der Waals surface area contributed by atoms with Crippen molar-refractivity contribution in [1.82, 2.24) is 4.98 Å². The molecule has 4 heteroatoms. The predicted molar refractivity (Wildman–Crippen MR) is 76.9 cm³/mol. The third kappa shape index (κ3) is 3.45. The zero-order valence-corrected chi connectivity index (χ0v) is 12.1. The molecule has 1 N–H and O–H groups in total. The summed E-state index contributed by atoms with van der Waals surface area (Å²) in [6, 6.07) is 3.48. The van der Waals surface area contributed by atoms with Crippen LogP contribution in [0, 0.1) is 0 Å². The minimum atomic E-state index is -0.804. The van der Waals surface area contributed by atoms with Crippen LogP contribution >= 0.6 is 0 Å². The fourth-order valence-corrected chi connectivity index (χ4v) is 2.64. The lowest BCUT2D eigenvalue weighted by Crippen LogP contribution is -2.27. The standard InChI is InChI=1S/C16H21NO3/c1-16(2,19)13-7-4-3-6-12(13)11-20-15-8-5-9-17-14(15)10-18/h5,8-10,19H,3-4,6-7,11H2,1-2H3. The van der Waals surface area contributed by atoms with E-state index in [2.05, 4.69) is 4.98 Å². The molecule has 0 radical (unpaired) electrons. The Balaban J connectivity index is 2.16. The van der Waals surface area contributed by atoms with Crippen LogP contribution in [0.1, 0.15) is 50.0 Å². The fourth-order valence-electron chi connectivity index (χ4n) is 2.64. The van der Waals surface area contributed by atoms with Gasteiger partial charge >= 0.3 is 0 Å². The molecule has 1 aromatic heterocycles. The summed E-state index contributed by atoms with van der Waals surface area (Å²) in [5.41, 5.74) is 1.72. The van der Waals surface area contributed by atoms with Crippen molar-refractivity contribution in [2.75, 3.05) is 6.61 Å². The van der Waals surface area contributed by atoms with Crippen molar-refractivity contribution in [3.63, 3.8) is 0 Å². The van der Waals surface area contributed by atoms with E-state index < -0.39 is 5.60 Å². The van der Waals surface area contributed by atoms with Crippen LogP contribution in [0.4, 0.5) is 0 Å². The van der Waals surface area contributed by atoms with Gasteiger partial charge in [0.15, 0.2) is 6.29 Å². The number of aromatic nitrogens is 1. The van der Waals surface area contributed by atoms with E-state index in [0.29, 0.717) is 24.3 Å². The van der Waals surface area contributed by atoms with E-state index in [1.807, 2.05) is 13.8 Å². The van der Waals surface area contributed by atoms with Gasteiger partial charge < -0.3 is 9.84 Å². The lowest BCUT2D eigenvalue weighted by Gasteiger charge is -2.29. The first-order valence-corrected chi connectivity index (χ1v) is 6.99. The highest BCUT2D eigenvalue weighted by molar-refractivity contribution is 5.76. The van der Waals surface area contributed by atoms with Crippen LogP contribution < -0.4 is 4.74 Å². The fraction of sp³-hybridized carbons (Fsp3) is 0.500. The molecule has 0 bridgehead atoms. The van der Waals surface area contributed by atoms with Crippen LogP contribution in [-0.2, 0) is 0 Å². The molecule has 1 aromatic rings. The van der Waals surface area contributed by atoms with Crippen LogP contribution in [0.2, 0.25) is 0 Å². The molecule has 0 fully saturated rings. The van der Waals surface area contributed by atoms with Crippen LogP contribution in [0.15, 0.2) is 29.5 Å². The van der Waals surface area contributed by atoms with Gasteiger partial charge in [-0.25, -0.2) is 4.98 Å². The summed E-state index contributed by atoms with van der Waals surface area (Å²) < 4.78 is 5.73. The van der Waals surface area contributed by atoms with Crippen molar-refractivity contribution in [3.05, 3.63) is 35.2 Å². The molecule has 20 heavy (non-hydrogen) atoms. The van der Waals surface area contributed by atoms with Crippen molar-refractivity contribution in [1.29, 1.82) is 0 Å². The molecular formula is C16H21NO3. The number of aldehydes is 1. The average molecular weight is 275 g/mol. The molecule has 4 nitrogen and oxygen atoms in total. The molecule has 0 unspecified atom stereocenters. The van der Waals surface area contributed by atoms with Crippen molar-refractivity contribution in [3.8, 4) is 5.75 Å². The van der Waals surface area contributed by atoms with E-state index in [-0.39, 0.29) is 0 Å². The number of hydrogen-bond donors (Lipinski definition) is 1. The van der Waals surface area contributed by atoms with Gasteiger partial charge in [0.25, 0.3) is 0 Å². The smallest absolute Gasteiger partial charge is 0.172 e. The summed E-state index contributed by atoms with van der Waals surface area (Å²) in [4.78, 5) is 14.9. The third-order valence-corrected chi connectivity index (χ3v) is 3.63. The Morgan fingerprint density at radius 2 is 2.15 bits per heavy atom. The maximum atomic E-state index is 10.9. The van der Waals surface area contributed by atoms with E-state index in [9.17, 15) is 9.90 Å². The first kappa shape index (κ1) is 14.7. The highest BCUT2D eigenvalue weighted by Crippen LogP contribution is 2.32. The maximum Gasteiger partial charge on any atom is 0.172 e. The summed E-state index contributed by atoms with van der Waals surface area (Å²) in [7, 11) is 0. The molecule has 0 aliphatic heterocycles. The second-order valence-electron chi connectivity index (χ2n) is 5.64. The predicted octanol–water partition coefficient (Wildman–Crippen LogP) is 2.91. The summed E-state index contributed by atoms with van der Waals surface area (Å²) in [5, 5.41) is 10.2. The van der Waals surface area contributed by atoms with Crippen LogP contribution in [0.5, 0.6) is 5.75 Å². The quantitative estimate of drug-likeness (QED) is 0.663. The van der Waals surface area contributed by atoms with Gasteiger partial charge in [0.1, 0.15) is 18.1 Å². The number of ether oxygens (including phenoxy) is 1. The topological polar surface area (TPSA) is 59.4 Å². The Labute approximate surface area is 119 Å². The summed E-state index contributed by atoms with van der Waals surface area (Å²) in [6.07, 6.45) is 6.34. The van der Waals surface area contributed by atoms with Gasteiger partial charge in [0, 0.05) is 6.20 Å². The second kappa shape index (κ2) is 6.18. The Morgan fingerprint density at radius 1 is 1.40 bits per heavy atom. The summed E-state index contributed by atoms with van der Waals surface area (Å²) >= 11 is 0. The Morgan fingerprint density at radius 3 is 2.85 bits per heavy atom. The van der Waals surface area contributed by atoms with Gasteiger partial charge in [-0.05, 0) is 62.8 Å². The molecule has 1 aliphatic rings. The monoisotopic (exact) mass is 275 g/mol. The highest BCUT2D eigenvalue weighted by atomic mass is 16.5. The van der Waals surface area contributed by atoms with Crippen molar-refractivity contribution in [2.24, 2.45) is 0 Å². The maximum absolute atomic E-state index is 10.9. The molecule has 0 aromatic carbocycles. The van der Waals surface area contributed by atoms with Crippen molar-refractivity contribution in [2.45, 2.75) is 45.1 Å². The molecule has 2 rings (SSSR count).